The maximum Gasteiger partial charge on any atom is 0.0597 e. The van der Waals surface area contributed by atoms with Crippen LogP contribution in [-0.2, 0) is 0 Å². The van der Waals surface area contributed by atoms with Crippen LogP contribution in [0.1, 0.15) is 66.8 Å². The van der Waals surface area contributed by atoms with Gasteiger partial charge in [-0.05, 0) is 67.5 Å². The van der Waals surface area contributed by atoms with Crippen molar-refractivity contribution in [2.24, 2.45) is 9.98 Å². The summed E-state index contributed by atoms with van der Waals surface area (Å²) in [5, 5.41) is 0. The van der Waals surface area contributed by atoms with Gasteiger partial charge in [0.2, 0.25) is 0 Å². The lowest BCUT2D eigenvalue weighted by Crippen LogP contribution is -2.14. The van der Waals surface area contributed by atoms with Gasteiger partial charge in [-0.15, -0.1) is 0 Å². The Balaban J connectivity index is 3.02. The number of hydrogen-bond donors (Lipinski definition) is 1. The van der Waals surface area contributed by atoms with Crippen molar-refractivity contribution in [2.75, 3.05) is 0 Å². The molecule has 3 heteroatoms. The van der Waals surface area contributed by atoms with Crippen LogP contribution in [0.2, 0.25) is 0 Å². The second-order valence-electron chi connectivity index (χ2n) is 7.02. The summed E-state index contributed by atoms with van der Waals surface area (Å²) in [5.74, 6) is 0. The van der Waals surface area contributed by atoms with Crippen molar-refractivity contribution in [3.8, 4) is 0 Å². The summed E-state index contributed by atoms with van der Waals surface area (Å²) in [6, 6.07) is 4.14. The van der Waals surface area contributed by atoms with Crippen molar-refractivity contribution in [3.63, 3.8) is 0 Å². The van der Waals surface area contributed by atoms with Crippen molar-refractivity contribution < 1.29 is 0 Å². The van der Waals surface area contributed by atoms with Crippen molar-refractivity contribution in [3.05, 3.63) is 23.5 Å². The maximum absolute atomic E-state index is 4.67. The van der Waals surface area contributed by atoms with E-state index in [0.717, 1.165) is 22.8 Å². The fraction of sp³-hybridized carbons (Fsp3) is 0.625. The molecule has 106 valence electrons. The first-order valence-electron chi connectivity index (χ1n) is 6.81. The molecular weight excluding hydrogens is 234 g/mol. The second kappa shape index (κ2) is 5.32. The lowest BCUT2D eigenvalue weighted by atomic mass is 10.1. The Hall–Kier alpha value is -1.38. The highest BCUT2D eigenvalue weighted by Crippen LogP contribution is 2.13. The van der Waals surface area contributed by atoms with Crippen molar-refractivity contribution in [1.82, 2.24) is 4.98 Å². The van der Waals surface area contributed by atoms with Crippen LogP contribution in [0, 0.1) is 0 Å². The van der Waals surface area contributed by atoms with E-state index in [0.29, 0.717) is 0 Å². The summed E-state index contributed by atoms with van der Waals surface area (Å²) in [4.78, 5) is 12.7. The summed E-state index contributed by atoms with van der Waals surface area (Å²) in [6.45, 7) is 16.7. The van der Waals surface area contributed by atoms with Crippen LogP contribution in [0.25, 0.3) is 0 Å². The molecule has 0 unspecified atom stereocenters. The molecule has 1 rings (SSSR count). The molecule has 0 saturated carbocycles. The lowest BCUT2D eigenvalue weighted by Gasteiger charge is -2.14. The van der Waals surface area contributed by atoms with Crippen LogP contribution in [0.4, 0.5) is 0 Å². The normalized spacial score (nSPS) is 14.9. The van der Waals surface area contributed by atoms with E-state index in [1.54, 1.807) is 0 Å². The molecule has 1 aromatic rings. The highest BCUT2D eigenvalue weighted by atomic mass is 14.9. The van der Waals surface area contributed by atoms with Crippen molar-refractivity contribution in [1.29, 1.82) is 0 Å². The summed E-state index contributed by atoms with van der Waals surface area (Å²) in [7, 11) is 0. The average Bonchev–Trinajstić information content (AvgIpc) is 2.60. The maximum atomic E-state index is 4.67. The number of aromatic amines is 1. The van der Waals surface area contributed by atoms with E-state index in [-0.39, 0.29) is 11.1 Å². The fourth-order valence-corrected chi connectivity index (χ4v) is 1.94. The van der Waals surface area contributed by atoms with E-state index in [2.05, 4.69) is 68.6 Å². The van der Waals surface area contributed by atoms with Gasteiger partial charge in [0.25, 0.3) is 0 Å². The zero-order chi connectivity index (χ0) is 14.8. The summed E-state index contributed by atoms with van der Waals surface area (Å²) < 4.78 is 0. The number of hydrogen-bond acceptors (Lipinski definition) is 2. The number of nitrogens with zero attached hydrogens (tertiary/aromatic N) is 2. The molecular formula is C16H27N3. The second-order valence-corrected chi connectivity index (χ2v) is 7.02. The lowest BCUT2D eigenvalue weighted by molar-refractivity contribution is 0.583. The first kappa shape index (κ1) is 15.7. The molecule has 0 amide bonds. The topological polar surface area (TPSA) is 40.5 Å². The molecule has 1 aromatic heterocycles. The number of aliphatic imine (C=N–C) groups is 2. The van der Waals surface area contributed by atoms with E-state index >= 15 is 0 Å². The molecule has 1 heterocycles. The fourth-order valence-electron chi connectivity index (χ4n) is 1.94. The third kappa shape index (κ3) is 5.41. The molecule has 3 nitrogen and oxygen atoms in total. The first-order chi connectivity index (χ1) is 8.48. The van der Waals surface area contributed by atoms with Gasteiger partial charge in [-0.25, -0.2) is 0 Å². The van der Waals surface area contributed by atoms with Crippen LogP contribution in [-0.4, -0.2) is 27.5 Å². The van der Waals surface area contributed by atoms with Gasteiger partial charge in [0.15, 0.2) is 0 Å². The molecule has 19 heavy (non-hydrogen) atoms. The van der Waals surface area contributed by atoms with E-state index in [9.17, 15) is 0 Å². The van der Waals surface area contributed by atoms with Crippen LogP contribution in [0.5, 0.6) is 0 Å². The minimum atomic E-state index is -0.0517. The average molecular weight is 261 g/mol. The number of aromatic nitrogens is 1. The molecule has 0 fully saturated rings. The highest BCUT2D eigenvalue weighted by molar-refractivity contribution is 6.02. The summed E-state index contributed by atoms with van der Waals surface area (Å²) in [5.41, 5.74) is 4.08. The van der Waals surface area contributed by atoms with Gasteiger partial charge >= 0.3 is 0 Å². The minimum Gasteiger partial charge on any atom is -0.353 e. The van der Waals surface area contributed by atoms with Gasteiger partial charge in [0.1, 0.15) is 0 Å². The van der Waals surface area contributed by atoms with Gasteiger partial charge in [-0.3, -0.25) is 9.98 Å². The van der Waals surface area contributed by atoms with Crippen molar-refractivity contribution >= 4 is 11.4 Å². The van der Waals surface area contributed by atoms with Gasteiger partial charge in [0, 0.05) is 0 Å². The van der Waals surface area contributed by atoms with Crippen LogP contribution in [0.15, 0.2) is 22.1 Å². The molecule has 0 aromatic carbocycles. The van der Waals surface area contributed by atoms with Gasteiger partial charge in [0.05, 0.1) is 33.9 Å². The quantitative estimate of drug-likeness (QED) is 0.774. The number of nitrogens with one attached hydrogen (secondary N) is 1. The minimum absolute atomic E-state index is 0.0517. The third-order valence-electron chi connectivity index (χ3n) is 2.47. The molecule has 0 saturated heterocycles. The Kier molecular flexibility index (Phi) is 4.39. The molecule has 0 atom stereocenters. The van der Waals surface area contributed by atoms with Gasteiger partial charge in [-0.1, -0.05) is 0 Å². The molecule has 0 spiro atoms. The Labute approximate surface area is 117 Å². The number of H-pyrrole nitrogens is 1. The SMILES string of the molecule is CC(=NC(C)(C)C)c1ccc(C(C)=NC(C)(C)C)[nH]1. The zero-order valence-electron chi connectivity index (χ0n) is 13.5. The van der Waals surface area contributed by atoms with E-state index in [1.165, 1.54) is 0 Å². The largest absolute Gasteiger partial charge is 0.353 e. The van der Waals surface area contributed by atoms with E-state index < -0.39 is 0 Å². The molecule has 0 aliphatic heterocycles. The van der Waals surface area contributed by atoms with E-state index in [4.69, 9.17) is 0 Å². The molecule has 0 aliphatic rings. The molecule has 0 radical (unpaired) electrons. The highest BCUT2D eigenvalue weighted by Gasteiger charge is 2.12. The van der Waals surface area contributed by atoms with Crippen LogP contribution in [0.3, 0.4) is 0 Å². The Morgan fingerprint density at radius 3 is 1.37 bits per heavy atom. The Morgan fingerprint density at radius 1 is 0.789 bits per heavy atom. The Bertz CT molecular complexity index is 446. The standard InChI is InChI=1S/C16H27N3/c1-11(18-15(3,4)5)13-9-10-14(17-13)12(2)19-16(6,7)8/h9-10,17H,1-8H3. The van der Waals surface area contributed by atoms with Crippen molar-refractivity contribution in [2.45, 2.75) is 66.5 Å². The summed E-state index contributed by atoms with van der Waals surface area (Å²) in [6.07, 6.45) is 0. The first-order valence-corrected chi connectivity index (χ1v) is 6.81. The predicted octanol–water partition coefficient (Wildman–Crippen LogP) is 4.23. The van der Waals surface area contributed by atoms with Crippen LogP contribution < -0.4 is 0 Å². The third-order valence-corrected chi connectivity index (χ3v) is 2.47. The van der Waals surface area contributed by atoms with Gasteiger partial charge in [-0.2, -0.15) is 0 Å². The smallest absolute Gasteiger partial charge is 0.0597 e. The molecule has 0 bridgehead atoms. The molecule has 0 aliphatic carbocycles. The number of rotatable bonds is 2. The van der Waals surface area contributed by atoms with E-state index in [1.807, 2.05) is 13.8 Å². The monoisotopic (exact) mass is 261 g/mol. The zero-order valence-corrected chi connectivity index (χ0v) is 13.5. The predicted molar refractivity (Wildman–Crippen MR) is 84.7 cm³/mol. The van der Waals surface area contributed by atoms with Crippen LogP contribution >= 0.6 is 0 Å². The van der Waals surface area contributed by atoms with Gasteiger partial charge < -0.3 is 4.98 Å². The Morgan fingerprint density at radius 2 is 1.11 bits per heavy atom. The molecule has 1 N–H and O–H groups in total. The summed E-state index contributed by atoms with van der Waals surface area (Å²) >= 11 is 0.